The van der Waals surface area contributed by atoms with Gasteiger partial charge in [0.05, 0.1) is 11.5 Å². The fourth-order valence-corrected chi connectivity index (χ4v) is 6.84. The summed E-state index contributed by atoms with van der Waals surface area (Å²) >= 11 is 1.56. The van der Waals surface area contributed by atoms with Gasteiger partial charge in [0, 0.05) is 27.7 Å². The summed E-state index contributed by atoms with van der Waals surface area (Å²) in [6, 6.07) is 21.6. The van der Waals surface area contributed by atoms with Gasteiger partial charge in [-0.05, 0) is 98.8 Å². The van der Waals surface area contributed by atoms with E-state index in [0.29, 0.717) is 24.0 Å². The van der Waals surface area contributed by atoms with Gasteiger partial charge in [0.15, 0.2) is 5.75 Å². The molecule has 0 bridgehead atoms. The molecule has 3 aromatic carbocycles. The molecule has 1 aromatic heterocycles. The van der Waals surface area contributed by atoms with Gasteiger partial charge in [0.25, 0.3) is 5.91 Å². The quantitative estimate of drug-likeness (QED) is 0.183. The van der Waals surface area contributed by atoms with E-state index in [1.54, 1.807) is 23.5 Å². The number of benzene rings is 3. The molecule has 41 heavy (non-hydrogen) atoms. The largest absolute Gasteiger partial charge is 0.508 e. The van der Waals surface area contributed by atoms with Crippen molar-refractivity contribution in [2.24, 2.45) is 0 Å². The molecule has 2 fully saturated rings. The predicted molar refractivity (Wildman–Crippen MR) is 168 cm³/mol. The Balaban J connectivity index is 0.00000337. The number of thiophene rings is 1. The van der Waals surface area contributed by atoms with Crippen LogP contribution in [0.15, 0.2) is 66.7 Å². The SMILES string of the molecule is Cl.O=C(NC1CCCC1)c1ccc(-c2sc3cc(O)ccc3c2Oc2ccc(OCCC3CCCCN3)cc2)cc1. The van der Waals surface area contributed by atoms with E-state index < -0.39 is 0 Å². The van der Waals surface area contributed by atoms with Gasteiger partial charge in [0.2, 0.25) is 0 Å². The van der Waals surface area contributed by atoms with Gasteiger partial charge in [-0.2, -0.15) is 0 Å². The van der Waals surface area contributed by atoms with Crippen LogP contribution in [0, 0.1) is 0 Å². The average Bonchev–Trinajstić information content (AvgIpc) is 3.62. The molecular formula is C33H37ClN2O4S. The van der Waals surface area contributed by atoms with Crippen molar-refractivity contribution in [3.05, 3.63) is 72.3 Å². The number of carbonyl (C=O) groups excluding carboxylic acids is 1. The third-order valence-corrected chi connectivity index (χ3v) is 9.10. The smallest absolute Gasteiger partial charge is 0.251 e. The summed E-state index contributed by atoms with van der Waals surface area (Å²) in [6.45, 7) is 1.80. The Labute approximate surface area is 251 Å². The third-order valence-electron chi connectivity index (χ3n) is 7.92. The lowest BCUT2D eigenvalue weighted by molar-refractivity contribution is 0.0938. The Hall–Kier alpha value is -3.26. The van der Waals surface area contributed by atoms with Crippen LogP contribution in [0.2, 0.25) is 0 Å². The van der Waals surface area contributed by atoms with E-state index >= 15 is 0 Å². The van der Waals surface area contributed by atoms with Crippen LogP contribution in [-0.2, 0) is 0 Å². The number of aromatic hydroxyl groups is 1. The zero-order valence-corrected chi connectivity index (χ0v) is 24.7. The van der Waals surface area contributed by atoms with E-state index in [4.69, 9.17) is 9.47 Å². The normalized spacial score (nSPS) is 17.2. The summed E-state index contributed by atoms with van der Waals surface area (Å²) in [6.07, 6.45) is 9.28. The number of phenols is 1. The third kappa shape index (κ3) is 7.15. The first-order chi connectivity index (χ1) is 19.6. The number of carbonyl (C=O) groups is 1. The molecule has 2 aliphatic rings. The number of rotatable bonds is 9. The van der Waals surface area contributed by atoms with Crippen LogP contribution < -0.4 is 20.1 Å². The molecule has 216 valence electrons. The van der Waals surface area contributed by atoms with Gasteiger partial charge >= 0.3 is 0 Å². The lowest BCUT2D eigenvalue weighted by atomic mass is 10.0. The minimum absolute atomic E-state index is 0. The molecular weight excluding hydrogens is 556 g/mol. The summed E-state index contributed by atoms with van der Waals surface area (Å²) in [4.78, 5) is 13.7. The summed E-state index contributed by atoms with van der Waals surface area (Å²) in [5, 5.41) is 17.7. The van der Waals surface area contributed by atoms with Crippen molar-refractivity contribution in [3.8, 4) is 33.4 Å². The molecule has 1 unspecified atom stereocenters. The van der Waals surface area contributed by atoms with Crippen molar-refractivity contribution < 1.29 is 19.4 Å². The maximum atomic E-state index is 12.7. The molecule has 6 rings (SSSR count). The summed E-state index contributed by atoms with van der Waals surface area (Å²) in [5.74, 6) is 2.47. The van der Waals surface area contributed by atoms with Crippen molar-refractivity contribution in [2.75, 3.05) is 13.2 Å². The highest BCUT2D eigenvalue weighted by Gasteiger charge is 2.20. The van der Waals surface area contributed by atoms with Crippen molar-refractivity contribution in [1.82, 2.24) is 10.6 Å². The molecule has 1 saturated carbocycles. The highest BCUT2D eigenvalue weighted by Crippen LogP contribution is 2.47. The summed E-state index contributed by atoms with van der Waals surface area (Å²) < 4.78 is 13.4. The van der Waals surface area contributed by atoms with Gasteiger partial charge < -0.3 is 25.2 Å². The molecule has 0 spiro atoms. The number of ether oxygens (including phenoxy) is 2. The van der Waals surface area contributed by atoms with E-state index in [0.717, 1.165) is 57.8 Å². The van der Waals surface area contributed by atoms with Gasteiger partial charge in [-0.25, -0.2) is 0 Å². The van der Waals surface area contributed by atoms with Crippen molar-refractivity contribution in [3.63, 3.8) is 0 Å². The topological polar surface area (TPSA) is 79.8 Å². The molecule has 3 N–H and O–H groups in total. The summed E-state index contributed by atoms with van der Waals surface area (Å²) in [7, 11) is 0. The van der Waals surface area contributed by atoms with Gasteiger partial charge in [-0.1, -0.05) is 31.4 Å². The van der Waals surface area contributed by atoms with E-state index in [-0.39, 0.29) is 30.1 Å². The zero-order valence-electron chi connectivity index (χ0n) is 23.1. The number of amides is 1. The van der Waals surface area contributed by atoms with Gasteiger partial charge in [0.1, 0.15) is 17.2 Å². The maximum absolute atomic E-state index is 12.7. The van der Waals surface area contributed by atoms with Crippen LogP contribution in [0.5, 0.6) is 23.0 Å². The number of hydrogen-bond acceptors (Lipinski definition) is 6. The molecule has 0 radical (unpaired) electrons. The molecule has 1 saturated heterocycles. The van der Waals surface area contributed by atoms with Gasteiger partial charge in [-0.15, -0.1) is 23.7 Å². The number of hydrogen-bond donors (Lipinski definition) is 3. The molecule has 1 aliphatic heterocycles. The molecule has 1 aliphatic carbocycles. The lowest BCUT2D eigenvalue weighted by Gasteiger charge is -2.23. The van der Waals surface area contributed by atoms with Crippen LogP contribution in [0.4, 0.5) is 0 Å². The molecule has 6 nitrogen and oxygen atoms in total. The minimum atomic E-state index is -0.0199. The van der Waals surface area contributed by atoms with E-state index in [1.807, 2.05) is 54.6 Å². The molecule has 1 amide bonds. The van der Waals surface area contributed by atoms with Crippen molar-refractivity contribution >= 4 is 39.7 Å². The first-order valence-electron chi connectivity index (χ1n) is 14.4. The fourth-order valence-electron chi connectivity index (χ4n) is 5.68. The Bertz CT molecular complexity index is 1440. The Morgan fingerprint density at radius 3 is 2.39 bits per heavy atom. The number of piperidine rings is 1. The molecule has 8 heteroatoms. The highest BCUT2D eigenvalue weighted by molar-refractivity contribution is 7.22. The van der Waals surface area contributed by atoms with Crippen molar-refractivity contribution in [1.29, 1.82) is 0 Å². The number of phenolic OH excluding ortho intramolecular Hbond substituents is 1. The predicted octanol–water partition coefficient (Wildman–Crippen LogP) is 8.07. The molecule has 1 atom stereocenters. The van der Waals surface area contributed by atoms with Crippen LogP contribution in [0.25, 0.3) is 20.5 Å². The average molecular weight is 593 g/mol. The number of fused-ring (bicyclic) bond motifs is 1. The Morgan fingerprint density at radius 2 is 1.66 bits per heavy atom. The standard InChI is InChI=1S/C33H36N2O4S.ClH/c36-26-12-17-29-30(21-26)40-32(22-8-10-23(11-9-22)33(37)35-25-6-1-2-7-25)31(29)39-28-15-13-27(14-16-28)38-20-18-24-5-3-4-19-34-24;/h8-17,21,24-25,34,36H,1-7,18-20H2,(H,35,37);1H. The highest BCUT2D eigenvalue weighted by atomic mass is 35.5. The van der Waals surface area contributed by atoms with Gasteiger partial charge in [-0.3, -0.25) is 4.79 Å². The first kappa shape index (κ1) is 29.2. The second-order valence-electron chi connectivity index (χ2n) is 10.8. The second-order valence-corrected chi connectivity index (χ2v) is 11.9. The maximum Gasteiger partial charge on any atom is 0.251 e. The molecule has 2 heterocycles. The number of halogens is 1. The van der Waals surface area contributed by atoms with E-state index in [2.05, 4.69) is 10.6 Å². The fraction of sp³-hybridized carbons (Fsp3) is 0.364. The Kier molecular flexibility index (Phi) is 9.70. The van der Waals surface area contributed by atoms with Crippen molar-refractivity contribution in [2.45, 2.75) is 63.5 Å². The zero-order chi connectivity index (χ0) is 27.3. The minimum Gasteiger partial charge on any atom is -0.508 e. The number of nitrogens with one attached hydrogen (secondary N) is 2. The van der Waals surface area contributed by atoms with E-state index in [1.165, 1.54) is 32.1 Å². The Morgan fingerprint density at radius 1 is 0.927 bits per heavy atom. The monoisotopic (exact) mass is 592 g/mol. The van der Waals surface area contributed by atoms with Crippen LogP contribution in [-0.4, -0.2) is 36.2 Å². The summed E-state index contributed by atoms with van der Waals surface area (Å²) in [5.41, 5.74) is 1.62. The lowest BCUT2D eigenvalue weighted by Crippen LogP contribution is -2.35. The van der Waals surface area contributed by atoms with Crippen LogP contribution in [0.1, 0.15) is 61.7 Å². The van der Waals surface area contributed by atoms with E-state index in [9.17, 15) is 9.90 Å². The van der Waals surface area contributed by atoms with Crippen LogP contribution in [0.3, 0.4) is 0 Å². The van der Waals surface area contributed by atoms with Crippen LogP contribution >= 0.6 is 23.7 Å². The molecule has 4 aromatic rings. The second kappa shape index (κ2) is 13.6. The first-order valence-corrected chi connectivity index (χ1v) is 15.2.